The monoisotopic (exact) mass is 443 g/mol. The zero-order valence-electron chi connectivity index (χ0n) is 16.7. The molecule has 4 N–H and O–H groups in total. The van der Waals surface area contributed by atoms with Gasteiger partial charge in [0.2, 0.25) is 0 Å². The van der Waals surface area contributed by atoms with Crippen LogP contribution < -0.4 is 16.0 Å². The minimum absolute atomic E-state index is 0.210. The lowest BCUT2D eigenvalue weighted by atomic mass is 9.98. The number of carbonyl (C=O) groups excluding carboxylic acids is 1. The van der Waals surface area contributed by atoms with E-state index in [1.165, 1.54) is 12.1 Å². The number of anilines is 2. The average molecular weight is 443 g/mol. The number of carbonyl (C=O) groups is 2. The number of halogens is 3. The summed E-state index contributed by atoms with van der Waals surface area (Å²) >= 11 is 0. The zero-order chi connectivity index (χ0) is 23.1. The lowest BCUT2D eigenvalue weighted by Gasteiger charge is -2.18. The van der Waals surface area contributed by atoms with Crippen molar-refractivity contribution >= 4 is 23.5 Å². The second-order valence-electron chi connectivity index (χ2n) is 6.97. The van der Waals surface area contributed by atoms with E-state index in [-0.39, 0.29) is 5.69 Å². The Bertz CT molecular complexity index is 1070. The van der Waals surface area contributed by atoms with Gasteiger partial charge in [-0.1, -0.05) is 42.5 Å². The summed E-state index contributed by atoms with van der Waals surface area (Å²) in [6, 6.07) is 19.0. The topological polar surface area (TPSA) is 90.5 Å². The molecule has 32 heavy (non-hydrogen) atoms. The van der Waals surface area contributed by atoms with Crippen LogP contribution >= 0.6 is 0 Å². The third-order valence-electron chi connectivity index (χ3n) is 4.59. The molecule has 0 aliphatic heterocycles. The van der Waals surface area contributed by atoms with Crippen molar-refractivity contribution in [2.75, 3.05) is 10.6 Å². The first-order chi connectivity index (χ1) is 15.2. The standard InChI is InChI=1S/C23H20F3N3O3/c24-23(25,26)17-9-11-18(12-10-17)27-21(30)28-19-8-4-5-15(13-19)14-20(29-22(31)32)16-6-2-1-3-7-16/h1-13,20,29H,14H2,(H,31,32)(H2,27,28,30)/t20-/m0/s1. The molecule has 0 heterocycles. The minimum atomic E-state index is -4.45. The fraction of sp³-hybridized carbons (Fsp3) is 0.130. The van der Waals surface area contributed by atoms with E-state index in [0.29, 0.717) is 12.1 Å². The van der Waals surface area contributed by atoms with E-state index < -0.39 is 29.9 Å². The van der Waals surface area contributed by atoms with Crippen LogP contribution in [0.4, 0.5) is 34.1 Å². The average Bonchev–Trinajstić information content (AvgIpc) is 2.73. The highest BCUT2D eigenvalue weighted by atomic mass is 19.4. The highest BCUT2D eigenvalue weighted by molar-refractivity contribution is 5.99. The van der Waals surface area contributed by atoms with Crippen LogP contribution in [0.1, 0.15) is 22.7 Å². The van der Waals surface area contributed by atoms with Gasteiger partial charge < -0.3 is 21.1 Å². The summed E-state index contributed by atoms with van der Waals surface area (Å²) in [5, 5.41) is 16.7. The van der Waals surface area contributed by atoms with E-state index in [9.17, 15) is 22.8 Å². The van der Waals surface area contributed by atoms with E-state index in [4.69, 9.17) is 5.11 Å². The minimum Gasteiger partial charge on any atom is -0.465 e. The number of urea groups is 1. The predicted molar refractivity (Wildman–Crippen MR) is 115 cm³/mol. The van der Waals surface area contributed by atoms with Crippen molar-refractivity contribution in [1.82, 2.24) is 5.32 Å². The second-order valence-corrected chi connectivity index (χ2v) is 6.97. The molecular formula is C23H20F3N3O3. The summed E-state index contributed by atoms with van der Waals surface area (Å²) in [5.74, 6) is 0. The largest absolute Gasteiger partial charge is 0.465 e. The molecule has 3 rings (SSSR count). The Hall–Kier alpha value is -4.01. The Morgan fingerprint density at radius 3 is 2.12 bits per heavy atom. The van der Waals surface area contributed by atoms with E-state index in [2.05, 4.69) is 16.0 Å². The summed E-state index contributed by atoms with van der Waals surface area (Å²) in [6.45, 7) is 0. The molecule has 0 aromatic heterocycles. The van der Waals surface area contributed by atoms with E-state index in [0.717, 1.165) is 23.3 Å². The lowest BCUT2D eigenvalue weighted by Crippen LogP contribution is -2.28. The van der Waals surface area contributed by atoms with Gasteiger partial charge in [0.1, 0.15) is 0 Å². The first kappa shape index (κ1) is 22.7. The van der Waals surface area contributed by atoms with Gasteiger partial charge in [-0.3, -0.25) is 0 Å². The SMILES string of the molecule is O=C(O)N[C@@H](Cc1cccc(NC(=O)Nc2ccc(C(F)(F)F)cc2)c1)c1ccccc1. The van der Waals surface area contributed by atoms with Gasteiger partial charge >= 0.3 is 18.3 Å². The van der Waals surface area contributed by atoms with E-state index >= 15 is 0 Å². The van der Waals surface area contributed by atoms with Crippen molar-refractivity contribution in [3.8, 4) is 0 Å². The molecule has 0 saturated carbocycles. The maximum atomic E-state index is 12.6. The smallest absolute Gasteiger partial charge is 0.416 e. The highest BCUT2D eigenvalue weighted by Crippen LogP contribution is 2.29. The Morgan fingerprint density at radius 2 is 1.50 bits per heavy atom. The van der Waals surface area contributed by atoms with Crippen molar-refractivity contribution in [2.45, 2.75) is 18.6 Å². The molecule has 9 heteroatoms. The molecule has 0 saturated heterocycles. The van der Waals surface area contributed by atoms with Crippen LogP contribution in [0, 0.1) is 0 Å². The summed E-state index contributed by atoms with van der Waals surface area (Å²) in [6.07, 6.45) is -5.25. The molecule has 0 radical (unpaired) electrons. The number of benzene rings is 3. The van der Waals surface area contributed by atoms with Gasteiger partial charge in [0, 0.05) is 11.4 Å². The molecule has 0 fully saturated rings. The Kier molecular flexibility index (Phi) is 6.99. The van der Waals surface area contributed by atoms with Crippen LogP contribution in [0.25, 0.3) is 0 Å². The summed E-state index contributed by atoms with van der Waals surface area (Å²) in [4.78, 5) is 23.4. The van der Waals surface area contributed by atoms with Gasteiger partial charge in [-0.2, -0.15) is 13.2 Å². The van der Waals surface area contributed by atoms with E-state index in [1.807, 2.05) is 30.3 Å². The number of hydrogen-bond donors (Lipinski definition) is 4. The molecule has 0 unspecified atom stereocenters. The van der Waals surface area contributed by atoms with Crippen LogP contribution in [0.5, 0.6) is 0 Å². The Morgan fingerprint density at radius 1 is 0.844 bits per heavy atom. The number of rotatable bonds is 6. The molecule has 3 amide bonds. The van der Waals surface area contributed by atoms with Crippen molar-refractivity contribution in [2.24, 2.45) is 0 Å². The van der Waals surface area contributed by atoms with Crippen LogP contribution in [-0.2, 0) is 12.6 Å². The second kappa shape index (κ2) is 9.86. The molecule has 0 bridgehead atoms. The van der Waals surface area contributed by atoms with Crippen LogP contribution in [0.15, 0.2) is 78.9 Å². The van der Waals surface area contributed by atoms with Gasteiger partial charge in [-0.05, 0) is 53.9 Å². The Balaban J connectivity index is 1.66. The normalized spacial score (nSPS) is 12.0. The number of amides is 3. The number of carboxylic acid groups (broad SMARTS) is 1. The van der Waals surface area contributed by atoms with Crippen LogP contribution in [-0.4, -0.2) is 17.2 Å². The Labute approximate surface area is 182 Å². The first-order valence-electron chi connectivity index (χ1n) is 9.59. The molecular weight excluding hydrogens is 423 g/mol. The van der Waals surface area contributed by atoms with Gasteiger partial charge in [-0.25, -0.2) is 9.59 Å². The molecule has 0 aliphatic carbocycles. The van der Waals surface area contributed by atoms with Crippen molar-refractivity contribution in [1.29, 1.82) is 0 Å². The van der Waals surface area contributed by atoms with Crippen molar-refractivity contribution in [3.05, 3.63) is 95.6 Å². The summed E-state index contributed by atoms with van der Waals surface area (Å²) in [5.41, 5.74) is 1.43. The molecule has 1 atom stereocenters. The zero-order valence-corrected chi connectivity index (χ0v) is 16.7. The van der Waals surface area contributed by atoms with Gasteiger partial charge in [0.15, 0.2) is 0 Å². The van der Waals surface area contributed by atoms with Gasteiger partial charge in [0.05, 0.1) is 11.6 Å². The predicted octanol–water partition coefficient (Wildman–Crippen LogP) is 5.90. The molecule has 3 aromatic carbocycles. The highest BCUT2D eigenvalue weighted by Gasteiger charge is 2.30. The van der Waals surface area contributed by atoms with Crippen molar-refractivity contribution < 1.29 is 27.9 Å². The number of hydrogen-bond acceptors (Lipinski definition) is 2. The molecule has 3 aromatic rings. The molecule has 166 valence electrons. The maximum absolute atomic E-state index is 12.6. The quantitative estimate of drug-likeness (QED) is 0.382. The van der Waals surface area contributed by atoms with Crippen LogP contribution in [0.2, 0.25) is 0 Å². The van der Waals surface area contributed by atoms with Crippen LogP contribution in [0.3, 0.4) is 0 Å². The maximum Gasteiger partial charge on any atom is 0.416 e. The number of alkyl halides is 3. The fourth-order valence-corrected chi connectivity index (χ4v) is 3.13. The fourth-order valence-electron chi connectivity index (χ4n) is 3.13. The first-order valence-corrected chi connectivity index (χ1v) is 9.59. The summed E-state index contributed by atoms with van der Waals surface area (Å²) in [7, 11) is 0. The third-order valence-corrected chi connectivity index (χ3v) is 4.59. The molecule has 0 spiro atoms. The lowest BCUT2D eigenvalue weighted by molar-refractivity contribution is -0.137. The third kappa shape index (κ3) is 6.49. The molecule has 0 aliphatic rings. The number of nitrogens with one attached hydrogen (secondary N) is 3. The van der Waals surface area contributed by atoms with Gasteiger partial charge in [0.25, 0.3) is 0 Å². The summed E-state index contributed by atoms with van der Waals surface area (Å²) < 4.78 is 37.9. The molecule has 6 nitrogen and oxygen atoms in total. The van der Waals surface area contributed by atoms with Gasteiger partial charge in [-0.15, -0.1) is 0 Å². The van der Waals surface area contributed by atoms with Crippen molar-refractivity contribution in [3.63, 3.8) is 0 Å². The van der Waals surface area contributed by atoms with E-state index in [1.54, 1.807) is 24.3 Å².